The smallest absolute Gasteiger partial charge is 0.178 e. The number of methoxy groups -OCH3 is 1. The van der Waals surface area contributed by atoms with E-state index in [-0.39, 0.29) is 0 Å². The van der Waals surface area contributed by atoms with Crippen LogP contribution < -0.4 is 0 Å². The number of ether oxygens (including phenoxy) is 1. The Morgan fingerprint density at radius 1 is 1.13 bits per heavy atom. The van der Waals surface area contributed by atoms with Gasteiger partial charge in [-0.05, 0) is 24.6 Å². The third kappa shape index (κ3) is 5.72. The van der Waals surface area contributed by atoms with Gasteiger partial charge in [-0.3, -0.25) is 0 Å². The van der Waals surface area contributed by atoms with E-state index < -0.39 is 9.04 Å². The molecule has 1 aromatic carbocycles. The zero-order valence-electron chi connectivity index (χ0n) is 9.61. The van der Waals surface area contributed by atoms with Crippen molar-refractivity contribution in [1.82, 2.24) is 0 Å². The van der Waals surface area contributed by atoms with Crippen molar-refractivity contribution in [2.45, 2.75) is 19.0 Å². The van der Waals surface area contributed by atoms with Crippen molar-refractivity contribution in [3.05, 3.63) is 35.9 Å². The molecule has 15 heavy (non-hydrogen) atoms. The summed E-state index contributed by atoms with van der Waals surface area (Å²) in [5.41, 5.74) is 1.39. The van der Waals surface area contributed by atoms with Gasteiger partial charge in [0.15, 0.2) is 9.04 Å². The largest absolute Gasteiger partial charge is 0.420 e. The predicted molar refractivity (Wildman–Crippen MR) is 65.6 cm³/mol. The van der Waals surface area contributed by atoms with Crippen LogP contribution in [0.3, 0.4) is 0 Å². The van der Waals surface area contributed by atoms with E-state index in [0.29, 0.717) is 0 Å². The van der Waals surface area contributed by atoms with Gasteiger partial charge in [-0.15, -0.1) is 0 Å². The molecule has 3 heteroatoms. The minimum Gasteiger partial charge on any atom is -0.420 e. The van der Waals surface area contributed by atoms with Crippen molar-refractivity contribution in [2.24, 2.45) is 0 Å². The fourth-order valence-electron chi connectivity index (χ4n) is 1.49. The van der Waals surface area contributed by atoms with Crippen LogP contribution in [0.1, 0.15) is 12.0 Å². The molecule has 0 saturated heterocycles. The summed E-state index contributed by atoms with van der Waals surface area (Å²) in [6.45, 7) is 3.89. The van der Waals surface area contributed by atoms with E-state index in [1.165, 1.54) is 5.56 Å². The average Bonchev–Trinajstić information content (AvgIpc) is 2.26. The first kappa shape index (κ1) is 12.4. The van der Waals surface area contributed by atoms with Gasteiger partial charge < -0.3 is 9.16 Å². The second-order valence-corrected chi connectivity index (χ2v) is 6.08. The molecule has 0 spiro atoms. The lowest BCUT2D eigenvalue weighted by molar-refractivity contribution is 0.172. The zero-order chi connectivity index (χ0) is 10.9. The average molecular weight is 224 g/mol. The summed E-state index contributed by atoms with van der Waals surface area (Å²) in [6, 6.07) is 11.7. The standard InChI is InChI=1S/C12H20O2Si/c1-13-9-6-10-14-15(2)11-12-7-4-3-5-8-12/h3-5,7-8,15H,6,9-11H2,1-2H3. The Kier molecular flexibility index (Phi) is 6.32. The Bertz CT molecular complexity index is 251. The van der Waals surface area contributed by atoms with Crippen LogP contribution in [-0.4, -0.2) is 29.4 Å². The molecule has 0 aliphatic rings. The van der Waals surface area contributed by atoms with Crippen molar-refractivity contribution in [3.63, 3.8) is 0 Å². The normalized spacial score (nSPS) is 12.7. The van der Waals surface area contributed by atoms with E-state index in [4.69, 9.17) is 9.16 Å². The molecule has 0 aliphatic heterocycles. The lowest BCUT2D eigenvalue weighted by atomic mass is 10.2. The molecule has 1 aromatic rings. The molecule has 0 aliphatic carbocycles. The molecule has 1 rings (SSSR count). The molecular formula is C12H20O2Si. The molecule has 1 atom stereocenters. The minimum absolute atomic E-state index is 0.798. The molecule has 84 valence electrons. The Hall–Kier alpha value is -0.643. The maximum Gasteiger partial charge on any atom is 0.178 e. The van der Waals surface area contributed by atoms with Crippen molar-refractivity contribution in [3.8, 4) is 0 Å². The van der Waals surface area contributed by atoms with Crippen LogP contribution >= 0.6 is 0 Å². The molecule has 0 fully saturated rings. The summed E-state index contributed by atoms with van der Waals surface area (Å²) in [5.74, 6) is 0. The molecule has 1 unspecified atom stereocenters. The van der Waals surface area contributed by atoms with Crippen molar-refractivity contribution in [2.75, 3.05) is 20.3 Å². The van der Waals surface area contributed by atoms with Crippen LogP contribution in [0.2, 0.25) is 6.55 Å². The van der Waals surface area contributed by atoms with Gasteiger partial charge in [0, 0.05) is 20.3 Å². The van der Waals surface area contributed by atoms with Crippen LogP contribution in [0.25, 0.3) is 0 Å². The number of hydrogen-bond donors (Lipinski definition) is 0. The van der Waals surface area contributed by atoms with Gasteiger partial charge in [0.1, 0.15) is 0 Å². The maximum atomic E-state index is 5.81. The maximum absolute atomic E-state index is 5.81. The van der Waals surface area contributed by atoms with E-state index in [9.17, 15) is 0 Å². The third-order valence-electron chi connectivity index (χ3n) is 2.26. The summed E-state index contributed by atoms with van der Waals surface area (Å²) in [5, 5.41) is 0. The van der Waals surface area contributed by atoms with E-state index in [0.717, 1.165) is 25.7 Å². The summed E-state index contributed by atoms with van der Waals surface area (Å²) < 4.78 is 10.8. The fourth-order valence-corrected chi connectivity index (χ4v) is 3.12. The molecule has 0 N–H and O–H groups in total. The van der Waals surface area contributed by atoms with Crippen molar-refractivity contribution >= 4 is 9.04 Å². The van der Waals surface area contributed by atoms with Crippen LogP contribution in [-0.2, 0) is 15.2 Å². The van der Waals surface area contributed by atoms with Gasteiger partial charge in [-0.2, -0.15) is 0 Å². The summed E-state index contributed by atoms with van der Waals surface area (Å²) >= 11 is 0. The van der Waals surface area contributed by atoms with Crippen LogP contribution in [0.4, 0.5) is 0 Å². The predicted octanol–water partition coefficient (Wildman–Crippen LogP) is 2.17. The Morgan fingerprint density at radius 3 is 2.53 bits per heavy atom. The highest BCUT2D eigenvalue weighted by Gasteiger charge is 2.05. The van der Waals surface area contributed by atoms with Gasteiger partial charge >= 0.3 is 0 Å². The monoisotopic (exact) mass is 224 g/mol. The first-order chi connectivity index (χ1) is 7.33. The van der Waals surface area contributed by atoms with Gasteiger partial charge in [0.2, 0.25) is 0 Å². The zero-order valence-corrected chi connectivity index (χ0v) is 10.8. The summed E-state index contributed by atoms with van der Waals surface area (Å²) in [4.78, 5) is 0. The molecule has 0 saturated carbocycles. The second-order valence-electron chi connectivity index (χ2n) is 3.72. The van der Waals surface area contributed by atoms with Crippen LogP contribution in [0.15, 0.2) is 30.3 Å². The molecule has 0 bridgehead atoms. The summed E-state index contributed by atoms with van der Waals surface area (Å²) in [7, 11) is 0.700. The highest BCUT2D eigenvalue weighted by Crippen LogP contribution is 2.03. The lowest BCUT2D eigenvalue weighted by Crippen LogP contribution is -2.18. The highest BCUT2D eigenvalue weighted by atomic mass is 28.3. The number of hydrogen-bond acceptors (Lipinski definition) is 2. The van der Waals surface area contributed by atoms with E-state index in [2.05, 4.69) is 36.9 Å². The summed E-state index contributed by atoms with van der Waals surface area (Å²) in [6.07, 6.45) is 1.00. The SMILES string of the molecule is COCCCO[SiH](C)Cc1ccccc1. The van der Waals surface area contributed by atoms with Crippen molar-refractivity contribution < 1.29 is 9.16 Å². The molecule has 2 nitrogen and oxygen atoms in total. The second kappa shape index (κ2) is 7.62. The van der Waals surface area contributed by atoms with E-state index in [1.807, 2.05) is 0 Å². The number of benzene rings is 1. The minimum atomic E-state index is -1.03. The molecular weight excluding hydrogens is 204 g/mol. The fraction of sp³-hybridized carbons (Fsp3) is 0.500. The van der Waals surface area contributed by atoms with E-state index >= 15 is 0 Å². The quantitative estimate of drug-likeness (QED) is 0.522. The number of rotatable bonds is 7. The molecule has 0 heterocycles. The van der Waals surface area contributed by atoms with Crippen LogP contribution in [0, 0.1) is 0 Å². The molecule has 0 aromatic heterocycles. The van der Waals surface area contributed by atoms with Gasteiger partial charge in [0.25, 0.3) is 0 Å². The molecule has 0 radical (unpaired) electrons. The van der Waals surface area contributed by atoms with E-state index in [1.54, 1.807) is 7.11 Å². The third-order valence-corrected chi connectivity index (χ3v) is 4.11. The lowest BCUT2D eigenvalue weighted by Gasteiger charge is -2.11. The molecule has 0 amide bonds. The Morgan fingerprint density at radius 2 is 1.87 bits per heavy atom. The van der Waals surface area contributed by atoms with Gasteiger partial charge in [-0.25, -0.2) is 0 Å². The van der Waals surface area contributed by atoms with Gasteiger partial charge in [0.05, 0.1) is 0 Å². The Balaban J connectivity index is 2.16. The topological polar surface area (TPSA) is 18.5 Å². The van der Waals surface area contributed by atoms with Gasteiger partial charge in [-0.1, -0.05) is 30.3 Å². The highest BCUT2D eigenvalue weighted by molar-refractivity contribution is 6.49. The first-order valence-electron chi connectivity index (χ1n) is 5.47. The Labute approximate surface area is 93.9 Å². The van der Waals surface area contributed by atoms with Crippen LogP contribution in [0.5, 0.6) is 0 Å². The first-order valence-corrected chi connectivity index (χ1v) is 7.91. The van der Waals surface area contributed by atoms with Crippen molar-refractivity contribution in [1.29, 1.82) is 0 Å².